The van der Waals surface area contributed by atoms with Crippen LogP contribution in [0.2, 0.25) is 0 Å². The molecular weight excluding hydrogens is 126 g/mol. The minimum Gasteiger partial charge on any atom is -0.381 e. The number of rotatable bonds is 0. The quantitative estimate of drug-likeness (QED) is 0.538. The largest absolute Gasteiger partial charge is 0.381 e. The Morgan fingerprint density at radius 3 is 2.50 bits per heavy atom. The molecule has 0 radical (unpaired) electrons. The molecule has 2 heteroatoms. The Balaban J connectivity index is 1.98. The first-order chi connectivity index (χ1) is 4.91. The van der Waals surface area contributed by atoms with E-state index in [1.54, 1.807) is 0 Å². The minimum absolute atomic E-state index is 0.589. The third kappa shape index (κ3) is 1.06. The normalized spacial score (nSPS) is 31.2. The van der Waals surface area contributed by atoms with E-state index in [0.29, 0.717) is 5.41 Å². The van der Waals surface area contributed by atoms with Gasteiger partial charge in [0.25, 0.3) is 0 Å². The van der Waals surface area contributed by atoms with Crippen molar-refractivity contribution >= 4 is 0 Å². The van der Waals surface area contributed by atoms with Crippen LogP contribution in [0, 0.1) is 5.41 Å². The molecule has 2 nitrogen and oxygen atoms in total. The van der Waals surface area contributed by atoms with E-state index in [9.17, 15) is 0 Å². The van der Waals surface area contributed by atoms with E-state index in [1.807, 2.05) is 0 Å². The molecule has 58 valence electrons. The van der Waals surface area contributed by atoms with Gasteiger partial charge in [-0.25, -0.2) is 0 Å². The molecule has 2 rings (SSSR count). The van der Waals surface area contributed by atoms with Crippen LogP contribution in [0.4, 0.5) is 0 Å². The van der Waals surface area contributed by atoms with E-state index >= 15 is 0 Å². The van der Waals surface area contributed by atoms with Gasteiger partial charge in [0.2, 0.25) is 0 Å². The average molecular weight is 141 g/mol. The Morgan fingerprint density at radius 1 is 1.10 bits per heavy atom. The van der Waals surface area contributed by atoms with Crippen molar-refractivity contribution in [2.24, 2.45) is 5.41 Å². The molecule has 2 fully saturated rings. The molecule has 0 amide bonds. The van der Waals surface area contributed by atoms with Gasteiger partial charge in [0.15, 0.2) is 0 Å². The lowest BCUT2D eigenvalue weighted by Gasteiger charge is -2.31. The summed E-state index contributed by atoms with van der Waals surface area (Å²) in [7, 11) is 0. The van der Waals surface area contributed by atoms with E-state index in [4.69, 9.17) is 4.74 Å². The first kappa shape index (κ1) is 6.62. The van der Waals surface area contributed by atoms with Gasteiger partial charge in [-0.3, -0.25) is 0 Å². The number of hydrogen-bond acceptors (Lipinski definition) is 2. The first-order valence-corrected chi connectivity index (χ1v) is 4.20. The maximum absolute atomic E-state index is 5.41. The summed E-state index contributed by atoms with van der Waals surface area (Å²) in [5, 5.41) is 3.38. The van der Waals surface area contributed by atoms with Crippen molar-refractivity contribution in [2.75, 3.05) is 26.3 Å². The van der Waals surface area contributed by atoms with E-state index in [2.05, 4.69) is 5.32 Å². The lowest BCUT2D eigenvalue weighted by atomic mass is 9.79. The lowest BCUT2D eigenvalue weighted by molar-refractivity contribution is 0.128. The van der Waals surface area contributed by atoms with E-state index < -0.39 is 0 Å². The maximum atomic E-state index is 5.41. The number of ether oxygens (including phenoxy) is 1. The van der Waals surface area contributed by atoms with E-state index in [0.717, 1.165) is 13.2 Å². The van der Waals surface area contributed by atoms with Crippen molar-refractivity contribution in [3.05, 3.63) is 0 Å². The van der Waals surface area contributed by atoms with Crippen LogP contribution in [-0.2, 0) is 4.74 Å². The smallest absolute Gasteiger partial charge is 0.0524 e. The Labute approximate surface area is 61.9 Å². The third-order valence-electron chi connectivity index (χ3n) is 2.85. The van der Waals surface area contributed by atoms with Gasteiger partial charge in [0, 0.05) is 6.61 Å². The van der Waals surface area contributed by atoms with Crippen LogP contribution in [-0.4, -0.2) is 26.3 Å². The Morgan fingerprint density at radius 2 is 1.90 bits per heavy atom. The molecule has 1 N–H and O–H groups in total. The first-order valence-electron chi connectivity index (χ1n) is 4.20. The molecule has 0 atom stereocenters. The van der Waals surface area contributed by atoms with Crippen molar-refractivity contribution < 1.29 is 4.74 Å². The topological polar surface area (TPSA) is 21.3 Å². The van der Waals surface area contributed by atoms with Crippen molar-refractivity contribution in [3.63, 3.8) is 0 Å². The van der Waals surface area contributed by atoms with Gasteiger partial charge in [-0.2, -0.15) is 0 Å². The van der Waals surface area contributed by atoms with Gasteiger partial charge in [-0.05, 0) is 37.8 Å². The zero-order chi connectivity index (χ0) is 6.86. The highest BCUT2D eigenvalue weighted by molar-refractivity contribution is 4.87. The van der Waals surface area contributed by atoms with Crippen LogP contribution in [0.15, 0.2) is 0 Å². The average Bonchev–Trinajstić information content (AvgIpc) is 2.39. The second-order valence-electron chi connectivity index (χ2n) is 3.55. The van der Waals surface area contributed by atoms with E-state index in [1.165, 1.54) is 32.4 Å². The zero-order valence-corrected chi connectivity index (χ0v) is 6.36. The van der Waals surface area contributed by atoms with Gasteiger partial charge in [-0.15, -0.1) is 0 Å². The summed E-state index contributed by atoms with van der Waals surface area (Å²) in [5.41, 5.74) is 0.589. The molecule has 0 aliphatic carbocycles. The van der Waals surface area contributed by atoms with Gasteiger partial charge in [-0.1, -0.05) is 0 Å². The maximum Gasteiger partial charge on any atom is 0.0524 e. The lowest BCUT2D eigenvalue weighted by Crippen LogP contribution is -2.36. The summed E-state index contributed by atoms with van der Waals surface area (Å²) in [5.74, 6) is 0. The van der Waals surface area contributed by atoms with E-state index in [-0.39, 0.29) is 0 Å². The summed E-state index contributed by atoms with van der Waals surface area (Å²) < 4.78 is 5.41. The molecule has 2 aliphatic rings. The van der Waals surface area contributed by atoms with Crippen molar-refractivity contribution in [2.45, 2.75) is 19.3 Å². The van der Waals surface area contributed by atoms with Crippen LogP contribution in [0.5, 0.6) is 0 Å². The fourth-order valence-corrected chi connectivity index (χ4v) is 2.00. The molecule has 10 heavy (non-hydrogen) atoms. The van der Waals surface area contributed by atoms with Crippen molar-refractivity contribution in [1.82, 2.24) is 5.32 Å². The minimum atomic E-state index is 0.589. The fraction of sp³-hybridized carbons (Fsp3) is 1.00. The predicted molar refractivity (Wildman–Crippen MR) is 40.0 cm³/mol. The zero-order valence-electron chi connectivity index (χ0n) is 6.36. The van der Waals surface area contributed by atoms with Gasteiger partial charge < -0.3 is 10.1 Å². The monoisotopic (exact) mass is 141 g/mol. The summed E-state index contributed by atoms with van der Waals surface area (Å²) in [6.45, 7) is 4.42. The molecule has 2 heterocycles. The highest BCUT2D eigenvalue weighted by Gasteiger charge is 2.35. The predicted octanol–water partition coefficient (Wildman–Crippen LogP) is 0.776. The summed E-state index contributed by atoms with van der Waals surface area (Å²) >= 11 is 0. The number of piperidine rings is 1. The summed E-state index contributed by atoms with van der Waals surface area (Å²) in [6, 6.07) is 0. The molecule has 1 spiro atoms. The van der Waals surface area contributed by atoms with Gasteiger partial charge >= 0.3 is 0 Å². The van der Waals surface area contributed by atoms with Crippen molar-refractivity contribution in [1.29, 1.82) is 0 Å². The van der Waals surface area contributed by atoms with Gasteiger partial charge in [0.1, 0.15) is 0 Å². The molecule has 0 aromatic rings. The van der Waals surface area contributed by atoms with Crippen LogP contribution < -0.4 is 5.32 Å². The molecule has 2 saturated heterocycles. The van der Waals surface area contributed by atoms with Crippen LogP contribution in [0.25, 0.3) is 0 Å². The van der Waals surface area contributed by atoms with Crippen molar-refractivity contribution in [3.8, 4) is 0 Å². The molecular formula is C8H15NO. The fourth-order valence-electron chi connectivity index (χ4n) is 2.00. The Bertz CT molecular complexity index is 110. The second-order valence-corrected chi connectivity index (χ2v) is 3.55. The van der Waals surface area contributed by atoms with Crippen LogP contribution in [0.1, 0.15) is 19.3 Å². The second kappa shape index (κ2) is 2.51. The van der Waals surface area contributed by atoms with Crippen LogP contribution in [0.3, 0.4) is 0 Å². The van der Waals surface area contributed by atoms with Gasteiger partial charge in [0.05, 0.1) is 6.61 Å². The SMILES string of the molecule is C1CC2(CCN1)CCOC2. The molecule has 0 unspecified atom stereocenters. The van der Waals surface area contributed by atoms with Crippen LogP contribution >= 0.6 is 0 Å². The molecule has 2 aliphatic heterocycles. The molecule has 0 aromatic heterocycles. The third-order valence-corrected chi connectivity index (χ3v) is 2.85. The summed E-state index contributed by atoms with van der Waals surface area (Å²) in [6.07, 6.45) is 3.95. The highest BCUT2D eigenvalue weighted by atomic mass is 16.5. The molecule has 0 aromatic carbocycles. The Kier molecular flexibility index (Phi) is 1.66. The number of nitrogens with one attached hydrogen (secondary N) is 1. The standard InChI is InChI=1S/C8H15NO/c1-4-9-5-2-8(1)3-6-10-7-8/h9H,1-7H2. The highest BCUT2D eigenvalue weighted by Crippen LogP contribution is 2.36. The Hall–Kier alpha value is -0.0800. The summed E-state index contributed by atoms with van der Waals surface area (Å²) in [4.78, 5) is 0. The molecule has 0 bridgehead atoms. The number of hydrogen-bond donors (Lipinski definition) is 1. The molecule has 0 saturated carbocycles.